The Morgan fingerprint density at radius 2 is 1.58 bits per heavy atom. The molecule has 4 aromatic rings. The molecule has 3 aliphatic rings. The molecular formula is C30H26N6O2. The minimum Gasteiger partial charge on any atom is -0.870 e. The highest BCUT2D eigenvalue weighted by molar-refractivity contribution is 5.90. The summed E-state index contributed by atoms with van der Waals surface area (Å²) in [7, 11) is 0. The second kappa shape index (κ2) is 9.11. The summed E-state index contributed by atoms with van der Waals surface area (Å²) in [6.07, 6.45) is 4.97. The van der Waals surface area contributed by atoms with Crippen molar-refractivity contribution in [2.24, 2.45) is 5.73 Å². The fourth-order valence-corrected chi connectivity index (χ4v) is 5.34. The van der Waals surface area contributed by atoms with Gasteiger partial charge in [0.1, 0.15) is 0 Å². The van der Waals surface area contributed by atoms with Gasteiger partial charge in [0.05, 0.1) is 16.6 Å². The number of aromatic nitrogens is 4. The summed E-state index contributed by atoms with van der Waals surface area (Å²) in [5.41, 5.74) is 16.5. The molecule has 5 N–H and O–H groups in total. The number of imidazole rings is 1. The lowest BCUT2D eigenvalue weighted by atomic mass is 9.72. The van der Waals surface area contributed by atoms with E-state index in [0.717, 1.165) is 57.6 Å². The highest BCUT2D eigenvalue weighted by Gasteiger charge is 2.36. The van der Waals surface area contributed by atoms with Gasteiger partial charge in [-0.15, -0.1) is 0 Å². The number of pyridine rings is 1. The molecule has 3 aromatic carbocycles. The largest absolute Gasteiger partial charge is 0.870 e. The first-order chi connectivity index (χ1) is 18.1. The van der Waals surface area contributed by atoms with E-state index in [1.807, 2.05) is 60.7 Å². The molecule has 0 atom stereocenters. The highest BCUT2D eigenvalue weighted by atomic mass is 16.5. The summed E-state index contributed by atoms with van der Waals surface area (Å²) in [6.45, 7) is 0. The van der Waals surface area contributed by atoms with Crippen LogP contribution in [0.25, 0.3) is 50.4 Å². The molecule has 1 aromatic heterocycles. The third kappa shape index (κ3) is 3.66. The normalized spacial score (nSPS) is 14.3. The standard InChI is InChI=1S/C30H25N6O.H2O/c31-30(16-4-17-30)21-12-8-20(9-13-21)27-26(19-10-14-22(35-37)15-11-19)34-29-23-5-1-2-6-24(23)33-28-25(36(27)29)7-3-18-32-28;/h1-3,5-15,18,35,37H,4,16-17,31H2;1H2/q+1;/p-1. The Bertz CT molecular complexity index is 1750. The molecule has 7 rings (SSSR count). The van der Waals surface area contributed by atoms with Gasteiger partial charge < -0.3 is 11.2 Å². The maximum atomic E-state index is 9.33. The second-order valence-corrected chi connectivity index (χ2v) is 9.72. The van der Waals surface area contributed by atoms with Crippen molar-refractivity contribution in [2.75, 3.05) is 5.48 Å². The van der Waals surface area contributed by atoms with Gasteiger partial charge >= 0.3 is 5.82 Å². The van der Waals surface area contributed by atoms with Crippen LogP contribution < -0.4 is 15.8 Å². The average Bonchev–Trinajstić information content (AvgIpc) is 3.26. The number of para-hydroxylation sites is 1. The van der Waals surface area contributed by atoms with E-state index in [1.165, 1.54) is 12.0 Å². The minimum atomic E-state index is -0.225. The molecule has 8 nitrogen and oxygen atoms in total. The van der Waals surface area contributed by atoms with Crippen molar-refractivity contribution in [1.29, 1.82) is 0 Å². The van der Waals surface area contributed by atoms with Gasteiger partial charge in [-0.05, 0) is 78.3 Å². The van der Waals surface area contributed by atoms with E-state index in [0.29, 0.717) is 11.3 Å². The van der Waals surface area contributed by atoms with Crippen LogP contribution in [0.4, 0.5) is 5.69 Å². The van der Waals surface area contributed by atoms with Crippen LogP contribution in [0.3, 0.4) is 0 Å². The van der Waals surface area contributed by atoms with Crippen LogP contribution in [0, 0.1) is 0 Å². The summed E-state index contributed by atoms with van der Waals surface area (Å²) in [5.74, 6) is 0.804. The Hall–Kier alpha value is -4.50. The minimum absolute atomic E-state index is 0. The summed E-state index contributed by atoms with van der Waals surface area (Å²) in [4.78, 5) is 14.7. The quantitative estimate of drug-likeness (QED) is 0.223. The van der Waals surface area contributed by atoms with Crippen LogP contribution in [0.2, 0.25) is 0 Å². The van der Waals surface area contributed by atoms with Crippen LogP contribution in [0.15, 0.2) is 91.1 Å². The summed E-state index contributed by atoms with van der Waals surface area (Å²) >= 11 is 0. The number of nitrogens with two attached hydrogens (primary N) is 1. The molecule has 8 heteroatoms. The summed E-state index contributed by atoms with van der Waals surface area (Å²) < 4.78 is 2.17. The molecule has 2 aliphatic heterocycles. The van der Waals surface area contributed by atoms with Crippen molar-refractivity contribution < 1.29 is 15.3 Å². The van der Waals surface area contributed by atoms with Crippen LogP contribution >= 0.6 is 0 Å². The van der Waals surface area contributed by atoms with E-state index in [9.17, 15) is 5.21 Å². The molecule has 1 saturated carbocycles. The maximum absolute atomic E-state index is 9.33. The van der Waals surface area contributed by atoms with Crippen LogP contribution in [0.1, 0.15) is 24.8 Å². The van der Waals surface area contributed by atoms with Crippen molar-refractivity contribution in [3.05, 3.63) is 96.7 Å². The molecule has 0 radical (unpaired) electrons. The molecule has 0 unspecified atom stereocenters. The highest BCUT2D eigenvalue weighted by Crippen LogP contribution is 2.40. The van der Waals surface area contributed by atoms with E-state index in [-0.39, 0.29) is 11.0 Å². The molecule has 0 spiro atoms. The van der Waals surface area contributed by atoms with Crippen LogP contribution in [0.5, 0.6) is 0 Å². The van der Waals surface area contributed by atoms with Gasteiger partial charge in [0.25, 0.3) is 0 Å². The second-order valence-electron chi connectivity index (χ2n) is 9.72. The molecule has 1 fully saturated rings. The smallest absolute Gasteiger partial charge is 0.339 e. The van der Waals surface area contributed by atoms with Crippen molar-refractivity contribution in [1.82, 2.24) is 15.0 Å². The number of fused-ring (bicyclic) bond motifs is 5. The summed E-state index contributed by atoms with van der Waals surface area (Å²) in [6, 6.07) is 28.2. The predicted octanol–water partition coefficient (Wildman–Crippen LogP) is 5.19. The van der Waals surface area contributed by atoms with Crippen molar-refractivity contribution in [3.8, 4) is 28.3 Å². The topological polar surface area (TPSA) is 131 Å². The lowest BCUT2D eigenvalue weighted by Gasteiger charge is -2.38. The zero-order chi connectivity index (χ0) is 25.0. The number of anilines is 1. The molecule has 0 saturated heterocycles. The Labute approximate surface area is 219 Å². The number of benzene rings is 3. The number of hydrogen-bond donors (Lipinski definition) is 3. The van der Waals surface area contributed by atoms with Gasteiger partial charge in [-0.1, -0.05) is 36.4 Å². The molecule has 3 heterocycles. The van der Waals surface area contributed by atoms with E-state index in [1.54, 1.807) is 6.20 Å². The first kappa shape index (κ1) is 23.9. The first-order valence-corrected chi connectivity index (χ1v) is 12.4. The monoisotopic (exact) mass is 502 g/mol. The SMILES string of the molecule is NC1(c2ccc(-c3c(-c4ccc(NO)cc4)nc4c5ccccc5nc5ncccc5[n+]3-4)cc2)CCC1.[OH-]. The van der Waals surface area contributed by atoms with Crippen molar-refractivity contribution >= 4 is 27.8 Å². The molecule has 38 heavy (non-hydrogen) atoms. The average molecular weight is 503 g/mol. The Morgan fingerprint density at radius 1 is 0.842 bits per heavy atom. The predicted molar refractivity (Wildman–Crippen MR) is 145 cm³/mol. The third-order valence-corrected chi connectivity index (χ3v) is 7.52. The van der Waals surface area contributed by atoms with Gasteiger partial charge in [0, 0.05) is 22.9 Å². The van der Waals surface area contributed by atoms with Gasteiger partial charge in [0.2, 0.25) is 11.3 Å². The van der Waals surface area contributed by atoms with Gasteiger partial charge in [-0.3, -0.25) is 10.7 Å². The van der Waals surface area contributed by atoms with Gasteiger partial charge in [-0.2, -0.15) is 4.57 Å². The zero-order valence-electron chi connectivity index (χ0n) is 20.5. The fourth-order valence-electron chi connectivity index (χ4n) is 5.34. The maximum Gasteiger partial charge on any atom is 0.339 e. The van der Waals surface area contributed by atoms with Crippen molar-refractivity contribution in [2.45, 2.75) is 24.8 Å². The van der Waals surface area contributed by atoms with Gasteiger partial charge in [0.15, 0.2) is 11.2 Å². The lowest BCUT2D eigenvalue weighted by Crippen LogP contribution is -2.43. The summed E-state index contributed by atoms with van der Waals surface area (Å²) in [5, 5.41) is 10.3. The molecule has 0 amide bonds. The van der Waals surface area contributed by atoms with E-state index in [4.69, 9.17) is 15.7 Å². The zero-order valence-corrected chi connectivity index (χ0v) is 20.5. The first-order valence-electron chi connectivity index (χ1n) is 12.4. The van der Waals surface area contributed by atoms with E-state index >= 15 is 0 Å². The number of rotatable bonds is 4. The van der Waals surface area contributed by atoms with E-state index < -0.39 is 0 Å². The van der Waals surface area contributed by atoms with Crippen LogP contribution in [-0.2, 0) is 5.54 Å². The van der Waals surface area contributed by atoms with Crippen molar-refractivity contribution in [3.63, 3.8) is 0 Å². The molecule has 188 valence electrons. The van der Waals surface area contributed by atoms with Gasteiger partial charge in [-0.25, -0.2) is 9.97 Å². The lowest BCUT2D eigenvalue weighted by molar-refractivity contribution is -0.552. The molecule has 0 bridgehead atoms. The molecular weight excluding hydrogens is 476 g/mol. The van der Waals surface area contributed by atoms with Crippen LogP contribution in [-0.4, -0.2) is 25.6 Å². The number of nitrogens with one attached hydrogen (secondary N) is 1. The Kier molecular flexibility index (Phi) is 5.72. The Balaban J connectivity index is 0.00000264. The Morgan fingerprint density at radius 3 is 2.29 bits per heavy atom. The van der Waals surface area contributed by atoms with E-state index in [2.05, 4.69) is 39.3 Å². The number of nitrogens with zero attached hydrogens (tertiary/aromatic N) is 4. The fraction of sp³-hybridized carbons (Fsp3) is 0.133. The molecule has 1 aliphatic carbocycles. The third-order valence-electron chi connectivity index (χ3n) is 7.52. The number of hydrogen-bond acceptors (Lipinski definition) is 7.